The van der Waals surface area contributed by atoms with Crippen LogP contribution in [0.25, 0.3) is 0 Å². The second-order valence-electron chi connectivity index (χ2n) is 5.65. The van der Waals surface area contributed by atoms with Gasteiger partial charge in [-0.2, -0.15) is 0 Å². The van der Waals surface area contributed by atoms with Crippen molar-refractivity contribution in [3.8, 4) is 0 Å². The van der Waals surface area contributed by atoms with Crippen molar-refractivity contribution in [3.63, 3.8) is 0 Å². The second-order valence-corrected chi connectivity index (χ2v) is 6.72. The van der Waals surface area contributed by atoms with Crippen LogP contribution in [0.3, 0.4) is 0 Å². The number of hydrogen-bond donors (Lipinski definition) is 1. The van der Waals surface area contributed by atoms with Crippen molar-refractivity contribution in [1.82, 2.24) is 4.90 Å². The molecule has 6 heteroatoms. The molecule has 1 fully saturated rings. The van der Waals surface area contributed by atoms with Crippen molar-refractivity contribution in [3.05, 3.63) is 65.5 Å². The summed E-state index contributed by atoms with van der Waals surface area (Å²) in [5.41, 5.74) is 2.52. The zero-order valence-corrected chi connectivity index (χ0v) is 14.0. The summed E-state index contributed by atoms with van der Waals surface area (Å²) < 4.78 is 13.2. The summed E-state index contributed by atoms with van der Waals surface area (Å²) in [5.74, 6) is -0.474. The van der Waals surface area contributed by atoms with E-state index >= 15 is 0 Å². The number of carbonyl (C=O) groups is 2. The van der Waals surface area contributed by atoms with Crippen molar-refractivity contribution >= 4 is 29.3 Å². The highest BCUT2D eigenvalue weighted by molar-refractivity contribution is 8.00. The van der Waals surface area contributed by atoms with E-state index in [0.29, 0.717) is 11.4 Å². The van der Waals surface area contributed by atoms with Gasteiger partial charge in [-0.25, -0.2) is 4.39 Å². The second kappa shape index (κ2) is 7.05. The highest BCUT2D eigenvalue weighted by Crippen LogP contribution is 2.38. The van der Waals surface area contributed by atoms with E-state index in [1.54, 1.807) is 11.0 Å². The average molecular weight is 344 g/mol. The normalized spacial score (nSPS) is 17.2. The van der Waals surface area contributed by atoms with Crippen molar-refractivity contribution in [2.75, 3.05) is 17.6 Å². The van der Waals surface area contributed by atoms with Crippen LogP contribution < -0.4 is 5.32 Å². The van der Waals surface area contributed by atoms with Gasteiger partial charge in [0.1, 0.15) is 17.7 Å². The molecule has 2 aromatic rings. The van der Waals surface area contributed by atoms with E-state index in [1.165, 1.54) is 30.0 Å². The lowest BCUT2D eigenvalue weighted by Crippen LogP contribution is -2.36. The molecule has 0 spiro atoms. The van der Waals surface area contributed by atoms with E-state index in [9.17, 15) is 14.0 Å². The number of thioether (sulfide) groups is 1. The van der Waals surface area contributed by atoms with Gasteiger partial charge < -0.3 is 10.2 Å². The summed E-state index contributed by atoms with van der Waals surface area (Å²) in [4.78, 5) is 25.9. The Hall–Kier alpha value is -2.34. The van der Waals surface area contributed by atoms with Crippen LogP contribution in [-0.2, 0) is 9.59 Å². The number of carbonyl (C=O) groups excluding carboxylic acids is 2. The van der Waals surface area contributed by atoms with E-state index in [0.717, 1.165) is 11.1 Å². The fraction of sp³-hybridized carbons (Fsp3) is 0.222. The van der Waals surface area contributed by atoms with Gasteiger partial charge in [0.25, 0.3) is 0 Å². The van der Waals surface area contributed by atoms with Gasteiger partial charge in [-0.15, -0.1) is 11.8 Å². The highest BCUT2D eigenvalue weighted by Gasteiger charge is 2.34. The number of amides is 2. The van der Waals surface area contributed by atoms with Crippen LogP contribution in [0.5, 0.6) is 0 Å². The van der Waals surface area contributed by atoms with Crippen LogP contribution >= 0.6 is 11.8 Å². The maximum atomic E-state index is 13.2. The van der Waals surface area contributed by atoms with E-state index in [4.69, 9.17) is 0 Å². The molecular formula is C18H17FN2O2S. The Balaban J connectivity index is 1.70. The zero-order chi connectivity index (χ0) is 17.1. The summed E-state index contributed by atoms with van der Waals surface area (Å²) in [6.45, 7) is 1.95. The molecule has 1 atom stereocenters. The Morgan fingerprint density at radius 1 is 1.29 bits per heavy atom. The lowest BCUT2D eigenvalue weighted by molar-refractivity contribution is -0.132. The van der Waals surface area contributed by atoms with Crippen LogP contribution in [0.1, 0.15) is 16.5 Å². The summed E-state index contributed by atoms with van der Waals surface area (Å²) in [5, 5.41) is 2.46. The van der Waals surface area contributed by atoms with Gasteiger partial charge in [-0.05, 0) is 30.7 Å². The van der Waals surface area contributed by atoms with E-state index < -0.39 is 5.82 Å². The Morgan fingerprint density at radius 3 is 2.75 bits per heavy atom. The molecule has 24 heavy (non-hydrogen) atoms. The summed E-state index contributed by atoms with van der Waals surface area (Å²) in [6, 6.07) is 13.6. The van der Waals surface area contributed by atoms with Gasteiger partial charge in [0.15, 0.2) is 0 Å². The van der Waals surface area contributed by atoms with Crippen LogP contribution in [0.4, 0.5) is 10.1 Å². The van der Waals surface area contributed by atoms with Gasteiger partial charge in [0.2, 0.25) is 11.8 Å². The first kappa shape index (κ1) is 16.5. The lowest BCUT2D eigenvalue weighted by atomic mass is 10.1. The topological polar surface area (TPSA) is 49.4 Å². The molecule has 0 unspecified atom stereocenters. The third-order valence-corrected chi connectivity index (χ3v) is 5.01. The van der Waals surface area contributed by atoms with Crippen molar-refractivity contribution in [2.45, 2.75) is 12.3 Å². The maximum Gasteiger partial charge on any atom is 0.244 e. The molecule has 0 bridgehead atoms. The van der Waals surface area contributed by atoms with Crippen molar-refractivity contribution < 1.29 is 14.0 Å². The first-order valence-corrected chi connectivity index (χ1v) is 8.61. The Labute approximate surface area is 144 Å². The van der Waals surface area contributed by atoms with Crippen molar-refractivity contribution in [1.29, 1.82) is 0 Å². The first-order chi connectivity index (χ1) is 11.5. The molecule has 1 saturated heterocycles. The molecule has 124 valence electrons. The summed E-state index contributed by atoms with van der Waals surface area (Å²) in [7, 11) is 0. The van der Waals surface area contributed by atoms with Gasteiger partial charge in [-0.3, -0.25) is 9.59 Å². The number of nitrogens with zero attached hydrogens (tertiary/aromatic N) is 1. The predicted molar refractivity (Wildman–Crippen MR) is 93.1 cm³/mol. The Bertz CT molecular complexity index is 764. The average Bonchev–Trinajstić information content (AvgIpc) is 2.89. The quantitative estimate of drug-likeness (QED) is 0.925. The minimum Gasteiger partial charge on any atom is -0.324 e. The number of rotatable bonds is 4. The summed E-state index contributed by atoms with van der Waals surface area (Å²) in [6.07, 6.45) is 0. The standard InChI is InChI=1S/C18H17FN2O2S/c1-12-5-7-13(8-6-12)18-21(17(23)11-24-18)10-16(22)20-15-4-2-3-14(19)9-15/h2-9,18H,10-11H2,1H3,(H,20,22)/t18-/m0/s1. The number of halogens is 1. The van der Waals surface area contributed by atoms with Crippen LogP contribution in [0, 0.1) is 12.7 Å². The van der Waals surface area contributed by atoms with E-state index in [2.05, 4.69) is 5.32 Å². The molecule has 4 nitrogen and oxygen atoms in total. The SMILES string of the molecule is Cc1ccc([C@@H]2SCC(=O)N2CC(=O)Nc2cccc(F)c2)cc1. The molecule has 0 radical (unpaired) electrons. The van der Waals surface area contributed by atoms with Crippen LogP contribution in [0.2, 0.25) is 0 Å². The molecule has 1 N–H and O–H groups in total. The minimum atomic E-state index is -0.418. The first-order valence-electron chi connectivity index (χ1n) is 7.56. The molecule has 1 aliphatic heterocycles. The molecule has 0 aromatic heterocycles. The molecule has 1 aliphatic rings. The maximum absolute atomic E-state index is 13.2. The van der Waals surface area contributed by atoms with Crippen LogP contribution in [0.15, 0.2) is 48.5 Å². The number of aryl methyl sites for hydroxylation is 1. The number of nitrogens with one attached hydrogen (secondary N) is 1. The molecule has 2 amide bonds. The monoisotopic (exact) mass is 344 g/mol. The third kappa shape index (κ3) is 3.76. The van der Waals surface area contributed by atoms with Crippen LogP contribution in [-0.4, -0.2) is 29.0 Å². The summed E-state index contributed by atoms with van der Waals surface area (Å²) >= 11 is 1.50. The van der Waals surface area contributed by atoms with Crippen molar-refractivity contribution in [2.24, 2.45) is 0 Å². The molecule has 3 rings (SSSR count). The smallest absolute Gasteiger partial charge is 0.244 e. The van der Waals surface area contributed by atoms with E-state index in [-0.39, 0.29) is 23.7 Å². The Kier molecular flexibility index (Phi) is 4.85. The molecule has 1 heterocycles. The molecule has 0 aliphatic carbocycles. The fourth-order valence-corrected chi connectivity index (χ4v) is 3.74. The Morgan fingerprint density at radius 2 is 2.04 bits per heavy atom. The van der Waals surface area contributed by atoms with Gasteiger partial charge in [0, 0.05) is 5.69 Å². The highest BCUT2D eigenvalue weighted by atomic mass is 32.2. The molecule has 2 aromatic carbocycles. The number of anilines is 1. The van der Waals surface area contributed by atoms with E-state index in [1.807, 2.05) is 31.2 Å². The fourth-order valence-electron chi connectivity index (χ4n) is 2.55. The van der Waals surface area contributed by atoms with Gasteiger partial charge in [0.05, 0.1) is 5.75 Å². The predicted octanol–water partition coefficient (Wildman–Crippen LogP) is 3.35. The largest absolute Gasteiger partial charge is 0.324 e. The van der Waals surface area contributed by atoms with Gasteiger partial charge in [-0.1, -0.05) is 35.9 Å². The molecular weight excluding hydrogens is 327 g/mol. The zero-order valence-electron chi connectivity index (χ0n) is 13.2. The third-order valence-electron chi connectivity index (χ3n) is 3.75. The van der Waals surface area contributed by atoms with Gasteiger partial charge >= 0.3 is 0 Å². The number of hydrogen-bond acceptors (Lipinski definition) is 3. The molecule has 0 saturated carbocycles. The number of benzene rings is 2. The minimum absolute atomic E-state index is 0.0547. The lowest BCUT2D eigenvalue weighted by Gasteiger charge is -2.23.